The molecule has 1 amide bonds. The van der Waals surface area contributed by atoms with Gasteiger partial charge < -0.3 is 20.1 Å². The van der Waals surface area contributed by atoms with Crippen molar-refractivity contribution in [3.05, 3.63) is 23.8 Å². The van der Waals surface area contributed by atoms with Crippen LogP contribution in [0.25, 0.3) is 0 Å². The minimum atomic E-state index is -0.264. The van der Waals surface area contributed by atoms with Crippen LogP contribution in [0.4, 0.5) is 0 Å². The van der Waals surface area contributed by atoms with Gasteiger partial charge in [0.2, 0.25) is 5.91 Å². The molecular formula is C16H26N2O3. The molecule has 0 bridgehead atoms. The fourth-order valence-corrected chi connectivity index (χ4v) is 1.91. The van der Waals surface area contributed by atoms with Crippen molar-refractivity contribution >= 4 is 5.91 Å². The Morgan fingerprint density at radius 2 is 1.90 bits per heavy atom. The van der Waals surface area contributed by atoms with Crippen molar-refractivity contribution in [1.82, 2.24) is 10.6 Å². The highest BCUT2D eigenvalue weighted by atomic mass is 16.5. The standard InChI is InChI=1S/C16H26N2O3/c1-11(2)9-18-16(19)12(3)17-10-13-7-6-8-14(20-4)15(13)21-5/h6-8,11-12,17H,9-10H2,1-5H3,(H,18,19). The Morgan fingerprint density at radius 1 is 1.19 bits per heavy atom. The Balaban J connectivity index is 2.60. The zero-order valence-electron chi connectivity index (χ0n) is 13.5. The number of hydrogen-bond acceptors (Lipinski definition) is 4. The van der Waals surface area contributed by atoms with E-state index >= 15 is 0 Å². The molecule has 0 spiro atoms. The van der Waals surface area contributed by atoms with Crippen LogP contribution >= 0.6 is 0 Å². The maximum atomic E-state index is 11.9. The molecule has 0 saturated heterocycles. The predicted molar refractivity (Wildman–Crippen MR) is 83.7 cm³/mol. The number of methoxy groups -OCH3 is 2. The number of hydrogen-bond donors (Lipinski definition) is 2. The molecule has 5 nitrogen and oxygen atoms in total. The average molecular weight is 294 g/mol. The smallest absolute Gasteiger partial charge is 0.236 e. The van der Waals surface area contributed by atoms with Crippen LogP contribution in [0.3, 0.4) is 0 Å². The van der Waals surface area contributed by atoms with E-state index in [0.29, 0.717) is 30.5 Å². The fourth-order valence-electron chi connectivity index (χ4n) is 1.91. The van der Waals surface area contributed by atoms with Crippen LogP contribution in [-0.4, -0.2) is 32.7 Å². The lowest BCUT2D eigenvalue weighted by Gasteiger charge is -2.17. The lowest BCUT2D eigenvalue weighted by molar-refractivity contribution is -0.122. The van der Waals surface area contributed by atoms with Gasteiger partial charge in [0, 0.05) is 18.7 Å². The highest BCUT2D eigenvalue weighted by molar-refractivity contribution is 5.81. The molecule has 0 saturated carbocycles. The largest absolute Gasteiger partial charge is 0.493 e. The Labute approximate surface area is 127 Å². The van der Waals surface area contributed by atoms with Crippen LogP contribution in [0.15, 0.2) is 18.2 Å². The molecule has 1 unspecified atom stereocenters. The van der Waals surface area contributed by atoms with Crippen LogP contribution < -0.4 is 20.1 Å². The highest BCUT2D eigenvalue weighted by Crippen LogP contribution is 2.30. The predicted octanol–water partition coefficient (Wildman–Crippen LogP) is 1.95. The van der Waals surface area contributed by atoms with Crippen molar-refractivity contribution in [3.63, 3.8) is 0 Å². The van der Waals surface area contributed by atoms with Crippen molar-refractivity contribution in [2.24, 2.45) is 5.92 Å². The fraction of sp³-hybridized carbons (Fsp3) is 0.562. The number of ether oxygens (including phenoxy) is 2. The van der Waals surface area contributed by atoms with E-state index in [2.05, 4.69) is 24.5 Å². The summed E-state index contributed by atoms with van der Waals surface area (Å²) in [6, 6.07) is 5.44. The van der Waals surface area contributed by atoms with Crippen LogP contribution in [0, 0.1) is 5.92 Å². The molecule has 0 heterocycles. The summed E-state index contributed by atoms with van der Waals surface area (Å²) in [6.07, 6.45) is 0. The molecule has 1 aromatic carbocycles. The summed E-state index contributed by atoms with van der Waals surface area (Å²) in [4.78, 5) is 11.9. The molecule has 0 aromatic heterocycles. The molecule has 2 N–H and O–H groups in total. The number of amides is 1. The molecule has 0 radical (unpaired) electrons. The first-order chi connectivity index (χ1) is 9.99. The van der Waals surface area contributed by atoms with E-state index in [9.17, 15) is 4.79 Å². The first kappa shape index (κ1) is 17.3. The highest BCUT2D eigenvalue weighted by Gasteiger charge is 2.14. The minimum Gasteiger partial charge on any atom is -0.493 e. The van der Waals surface area contributed by atoms with Gasteiger partial charge in [-0.2, -0.15) is 0 Å². The second-order valence-corrected chi connectivity index (χ2v) is 5.39. The van der Waals surface area contributed by atoms with Gasteiger partial charge in [-0.3, -0.25) is 4.79 Å². The Kier molecular flexibility index (Phi) is 7.02. The van der Waals surface area contributed by atoms with Gasteiger partial charge in [0.15, 0.2) is 11.5 Å². The molecule has 0 aliphatic heterocycles. The normalized spacial score (nSPS) is 12.1. The first-order valence-corrected chi connectivity index (χ1v) is 7.20. The second kappa shape index (κ2) is 8.52. The lowest BCUT2D eigenvalue weighted by Crippen LogP contribution is -2.43. The zero-order chi connectivity index (χ0) is 15.8. The van der Waals surface area contributed by atoms with E-state index in [1.807, 2.05) is 25.1 Å². The van der Waals surface area contributed by atoms with Crippen LogP contribution in [0.5, 0.6) is 11.5 Å². The van der Waals surface area contributed by atoms with Crippen molar-refractivity contribution in [2.75, 3.05) is 20.8 Å². The van der Waals surface area contributed by atoms with Gasteiger partial charge in [-0.15, -0.1) is 0 Å². The molecule has 5 heteroatoms. The topological polar surface area (TPSA) is 59.6 Å². The van der Waals surface area contributed by atoms with Crippen molar-refractivity contribution in [3.8, 4) is 11.5 Å². The third kappa shape index (κ3) is 5.27. The van der Waals surface area contributed by atoms with Crippen molar-refractivity contribution < 1.29 is 14.3 Å². The maximum absolute atomic E-state index is 11.9. The molecule has 0 aliphatic rings. The van der Waals surface area contributed by atoms with Gasteiger partial charge in [0.05, 0.1) is 20.3 Å². The van der Waals surface area contributed by atoms with E-state index in [1.165, 1.54) is 0 Å². The summed E-state index contributed by atoms with van der Waals surface area (Å²) in [5.41, 5.74) is 0.959. The van der Waals surface area contributed by atoms with Gasteiger partial charge in [-0.05, 0) is 18.9 Å². The Morgan fingerprint density at radius 3 is 2.48 bits per heavy atom. The number of para-hydroxylation sites is 1. The third-order valence-corrected chi connectivity index (χ3v) is 3.16. The number of rotatable bonds is 8. The summed E-state index contributed by atoms with van der Waals surface area (Å²) in [5, 5.41) is 6.11. The molecule has 21 heavy (non-hydrogen) atoms. The van der Waals surface area contributed by atoms with Crippen LogP contribution in [-0.2, 0) is 11.3 Å². The van der Waals surface area contributed by atoms with Gasteiger partial charge in [-0.25, -0.2) is 0 Å². The van der Waals surface area contributed by atoms with Crippen LogP contribution in [0.2, 0.25) is 0 Å². The van der Waals surface area contributed by atoms with E-state index in [-0.39, 0.29) is 11.9 Å². The second-order valence-electron chi connectivity index (χ2n) is 5.39. The quantitative estimate of drug-likeness (QED) is 0.769. The molecular weight excluding hydrogens is 268 g/mol. The summed E-state index contributed by atoms with van der Waals surface area (Å²) < 4.78 is 10.6. The van der Waals surface area contributed by atoms with Gasteiger partial charge in [0.25, 0.3) is 0 Å². The van der Waals surface area contributed by atoms with E-state index < -0.39 is 0 Å². The van der Waals surface area contributed by atoms with E-state index in [4.69, 9.17) is 9.47 Å². The monoisotopic (exact) mass is 294 g/mol. The zero-order valence-corrected chi connectivity index (χ0v) is 13.5. The molecule has 0 aliphatic carbocycles. The van der Waals surface area contributed by atoms with Gasteiger partial charge in [-0.1, -0.05) is 26.0 Å². The lowest BCUT2D eigenvalue weighted by atomic mass is 10.1. The number of carbonyl (C=O) groups excluding carboxylic acids is 1. The minimum absolute atomic E-state index is 0.00515. The Hall–Kier alpha value is -1.75. The summed E-state index contributed by atoms with van der Waals surface area (Å²) in [6.45, 7) is 7.21. The van der Waals surface area contributed by atoms with Crippen LogP contribution in [0.1, 0.15) is 26.3 Å². The molecule has 1 rings (SSSR count). The molecule has 1 aromatic rings. The van der Waals surface area contributed by atoms with Gasteiger partial charge in [0.1, 0.15) is 0 Å². The molecule has 1 atom stereocenters. The summed E-state index contributed by atoms with van der Waals surface area (Å²) in [7, 11) is 3.22. The maximum Gasteiger partial charge on any atom is 0.236 e. The number of nitrogens with one attached hydrogen (secondary N) is 2. The Bertz CT molecular complexity index is 461. The van der Waals surface area contributed by atoms with Gasteiger partial charge >= 0.3 is 0 Å². The van der Waals surface area contributed by atoms with E-state index in [0.717, 1.165) is 5.56 Å². The van der Waals surface area contributed by atoms with Crippen molar-refractivity contribution in [1.29, 1.82) is 0 Å². The number of benzene rings is 1. The number of carbonyl (C=O) groups is 1. The SMILES string of the molecule is COc1cccc(CNC(C)C(=O)NCC(C)C)c1OC. The van der Waals surface area contributed by atoms with E-state index in [1.54, 1.807) is 14.2 Å². The first-order valence-electron chi connectivity index (χ1n) is 7.20. The van der Waals surface area contributed by atoms with Crippen molar-refractivity contribution in [2.45, 2.75) is 33.4 Å². The summed E-state index contributed by atoms with van der Waals surface area (Å²) in [5.74, 6) is 1.83. The third-order valence-electron chi connectivity index (χ3n) is 3.16. The summed E-state index contributed by atoms with van der Waals surface area (Å²) >= 11 is 0. The molecule has 0 fully saturated rings. The average Bonchev–Trinajstić information content (AvgIpc) is 2.49. The molecule has 118 valence electrons.